The minimum Gasteiger partial charge on any atom is -0.507 e. The van der Waals surface area contributed by atoms with Crippen molar-refractivity contribution in [2.75, 3.05) is 24.7 Å². The molecule has 0 saturated carbocycles. The van der Waals surface area contributed by atoms with Gasteiger partial charge in [-0.25, -0.2) is 4.98 Å². The van der Waals surface area contributed by atoms with Crippen molar-refractivity contribution >= 4 is 24.4 Å². The largest absolute Gasteiger partial charge is 0.507 e. The van der Waals surface area contributed by atoms with Crippen molar-refractivity contribution in [3.63, 3.8) is 0 Å². The van der Waals surface area contributed by atoms with Gasteiger partial charge in [0, 0.05) is 29.3 Å². The third kappa shape index (κ3) is 16.4. The van der Waals surface area contributed by atoms with Gasteiger partial charge in [0.25, 0.3) is 0 Å². The lowest BCUT2D eigenvalue weighted by Gasteiger charge is -2.38. The van der Waals surface area contributed by atoms with E-state index in [1.807, 2.05) is 13.8 Å². The van der Waals surface area contributed by atoms with E-state index in [0.29, 0.717) is 5.75 Å². The fraction of sp³-hybridized carbons (Fsp3) is 0.730. The van der Waals surface area contributed by atoms with Crippen LogP contribution in [0.5, 0.6) is 17.4 Å². The molecule has 9 heteroatoms. The van der Waals surface area contributed by atoms with E-state index in [1.165, 1.54) is 69.2 Å². The average Bonchev–Trinajstić information content (AvgIpc) is 2.99. The molecule has 0 bridgehead atoms. The number of nitrogens with zero attached hydrogens (tertiary/aromatic N) is 2. The van der Waals surface area contributed by atoms with Gasteiger partial charge in [-0.2, -0.15) is 16.7 Å². The molecule has 0 amide bonds. The Bertz CT molecular complexity index is 1110. The number of fused-ring (bicyclic) bond motifs is 1. The summed E-state index contributed by atoms with van der Waals surface area (Å²) < 4.78 is 6.60. The highest BCUT2D eigenvalue weighted by atomic mass is 32.2. The molecule has 3 rings (SSSR count). The van der Waals surface area contributed by atoms with E-state index in [2.05, 4.69) is 64.1 Å². The number of phenolic OH excluding ortho intramolecular Hbond substituents is 1. The molecular formula is C37H64N2O5S2. The van der Waals surface area contributed by atoms with Crippen molar-refractivity contribution < 1.29 is 25.2 Å². The second kappa shape index (κ2) is 22.8. The Kier molecular flexibility index (Phi) is 21.0. The van der Waals surface area contributed by atoms with Crippen LogP contribution in [0.25, 0.3) is 0 Å². The van der Waals surface area contributed by atoms with Gasteiger partial charge in [-0.1, -0.05) is 72.6 Å². The lowest BCUT2D eigenvalue weighted by molar-refractivity contribution is 0.0511. The minimum absolute atomic E-state index is 0.0509. The molecule has 7 nitrogen and oxygen atoms in total. The lowest BCUT2D eigenvalue weighted by atomic mass is 9.84. The van der Waals surface area contributed by atoms with Crippen LogP contribution in [0.4, 0.5) is 0 Å². The van der Waals surface area contributed by atoms with Crippen LogP contribution in [0.1, 0.15) is 121 Å². The molecule has 0 fully saturated rings. The Balaban J connectivity index is 0.000000574. The average molecular weight is 681 g/mol. The van der Waals surface area contributed by atoms with Gasteiger partial charge in [0.1, 0.15) is 17.1 Å². The van der Waals surface area contributed by atoms with Crippen molar-refractivity contribution in [2.45, 2.75) is 137 Å². The van der Waals surface area contributed by atoms with E-state index in [4.69, 9.17) is 20.1 Å². The Morgan fingerprint density at radius 3 is 1.93 bits per heavy atom. The quantitative estimate of drug-likeness (QED) is 0.0678. The number of phenols is 1. The maximum atomic E-state index is 10.4. The van der Waals surface area contributed by atoms with Gasteiger partial charge < -0.3 is 25.2 Å². The van der Waals surface area contributed by atoms with Crippen LogP contribution >= 0.6 is 24.4 Å². The fourth-order valence-electron chi connectivity index (χ4n) is 5.84. The van der Waals surface area contributed by atoms with Crippen molar-refractivity contribution in [2.24, 2.45) is 17.8 Å². The number of rotatable bonds is 16. The number of hydrogen-bond acceptors (Lipinski definition) is 9. The first kappa shape index (κ1) is 42.3. The van der Waals surface area contributed by atoms with Crippen LogP contribution in [0.3, 0.4) is 0 Å². The topological polar surface area (TPSA) is 116 Å². The van der Waals surface area contributed by atoms with Crippen LogP contribution in [0, 0.1) is 38.5 Å². The highest BCUT2D eigenvalue weighted by Crippen LogP contribution is 2.44. The second-order valence-electron chi connectivity index (χ2n) is 13.7. The summed E-state index contributed by atoms with van der Waals surface area (Å²) in [5.74, 6) is 5.46. The number of hydrogen-bond donors (Lipinski definition) is 5. The number of ether oxygens (including phenoxy) is 1. The van der Waals surface area contributed by atoms with Gasteiger partial charge in [0.15, 0.2) is 5.16 Å². The number of thiol groups is 1. The van der Waals surface area contributed by atoms with Crippen molar-refractivity contribution in [1.82, 2.24) is 9.97 Å². The van der Waals surface area contributed by atoms with Crippen molar-refractivity contribution in [1.29, 1.82) is 0 Å². The second-order valence-corrected chi connectivity index (χ2v) is 15.3. The molecule has 1 aromatic carbocycles. The third-order valence-corrected chi connectivity index (χ3v) is 10.1. The molecule has 0 saturated heterocycles. The van der Waals surface area contributed by atoms with E-state index in [-0.39, 0.29) is 29.9 Å². The van der Waals surface area contributed by atoms with E-state index in [1.54, 1.807) is 11.8 Å². The summed E-state index contributed by atoms with van der Waals surface area (Å²) in [5.41, 5.74) is 4.23. The zero-order valence-corrected chi connectivity index (χ0v) is 31.7. The molecule has 1 aliphatic rings. The van der Waals surface area contributed by atoms with Gasteiger partial charge in [0.05, 0.1) is 13.2 Å². The summed E-state index contributed by atoms with van der Waals surface area (Å²) >= 11 is 5.33. The van der Waals surface area contributed by atoms with Gasteiger partial charge in [-0.05, 0) is 87.8 Å². The van der Waals surface area contributed by atoms with E-state index in [9.17, 15) is 5.11 Å². The van der Waals surface area contributed by atoms with Gasteiger partial charge in [-0.3, -0.25) is 0 Å². The molecule has 2 aromatic rings. The predicted octanol–water partition coefficient (Wildman–Crippen LogP) is 9.02. The Morgan fingerprint density at radius 2 is 1.43 bits per heavy atom. The number of aromatic hydroxyl groups is 2. The van der Waals surface area contributed by atoms with Gasteiger partial charge >= 0.3 is 0 Å². The Hall–Kier alpha value is -1.68. The summed E-state index contributed by atoms with van der Waals surface area (Å²) in [5, 5.41) is 35.7. The SMILES string of the molecule is Cc1c(C)c2c(c(C)c1O)CC[C@@](C)(CCC[C@H](C)CCC[C@H](C)CCCC(C)C)O2.OCCSCCO.Oc1ccnc(S)n1. The lowest BCUT2D eigenvalue weighted by Crippen LogP contribution is -2.37. The summed E-state index contributed by atoms with van der Waals surface area (Å²) in [6, 6.07) is 1.39. The summed E-state index contributed by atoms with van der Waals surface area (Å²) in [7, 11) is 0. The molecule has 0 radical (unpaired) electrons. The maximum absolute atomic E-state index is 10.4. The molecule has 0 aliphatic carbocycles. The van der Waals surface area contributed by atoms with E-state index in [0.717, 1.165) is 71.0 Å². The summed E-state index contributed by atoms with van der Waals surface area (Å²) in [6.45, 7) is 18.4. The van der Waals surface area contributed by atoms with Gasteiger partial charge in [0.2, 0.25) is 5.88 Å². The molecule has 2 heterocycles. The van der Waals surface area contributed by atoms with E-state index < -0.39 is 0 Å². The number of aromatic nitrogens is 2. The van der Waals surface area contributed by atoms with Crippen LogP contribution < -0.4 is 4.74 Å². The van der Waals surface area contributed by atoms with Gasteiger partial charge in [-0.15, -0.1) is 12.6 Å². The third-order valence-electron chi connectivity index (χ3n) is 8.97. The van der Waals surface area contributed by atoms with Crippen LogP contribution in [-0.2, 0) is 6.42 Å². The number of aliphatic hydroxyl groups excluding tert-OH is 2. The summed E-state index contributed by atoms with van der Waals surface area (Å²) in [6.07, 6.45) is 15.5. The van der Waals surface area contributed by atoms with Crippen LogP contribution in [-0.4, -0.2) is 60.7 Å². The zero-order valence-electron chi connectivity index (χ0n) is 29.9. The first-order valence-corrected chi connectivity index (χ1v) is 18.9. The molecule has 1 aromatic heterocycles. The first-order chi connectivity index (χ1) is 21.7. The minimum atomic E-state index is -0.0712. The highest BCUT2D eigenvalue weighted by molar-refractivity contribution is 7.99. The molecule has 0 unspecified atom stereocenters. The smallest absolute Gasteiger partial charge is 0.214 e. The molecule has 3 atom stereocenters. The van der Waals surface area contributed by atoms with Crippen molar-refractivity contribution in [3.05, 3.63) is 34.5 Å². The normalized spacial score (nSPS) is 16.8. The monoisotopic (exact) mass is 680 g/mol. The predicted molar refractivity (Wildman–Crippen MR) is 197 cm³/mol. The molecule has 264 valence electrons. The number of thioether (sulfide) groups is 1. The molecule has 46 heavy (non-hydrogen) atoms. The molecule has 4 N–H and O–H groups in total. The Morgan fingerprint density at radius 1 is 0.870 bits per heavy atom. The van der Waals surface area contributed by atoms with Crippen molar-refractivity contribution in [3.8, 4) is 17.4 Å². The first-order valence-electron chi connectivity index (χ1n) is 17.3. The highest BCUT2D eigenvalue weighted by Gasteiger charge is 2.34. The standard InChI is InChI=1S/C29H50O2.C4H4N2OS.C4H10O2S/c1-20(2)12-9-13-21(3)14-10-15-22(4)16-11-18-29(8)19-17-26-25(7)27(30)23(5)24(6)28(26)31-29;7-3-1-2-5-4(8)6-3;5-1-3-7-4-2-6/h20-22,30H,9-19H2,1-8H3;1-2H,(H2,5,6,7,8);5-6H,1-4H2/t21-,22-,29-;;/m1../s1. The van der Waals surface area contributed by atoms with Crippen LogP contribution in [0.15, 0.2) is 17.4 Å². The Labute approximate surface area is 289 Å². The molecule has 1 aliphatic heterocycles. The zero-order chi connectivity index (χ0) is 34.7. The number of benzene rings is 1. The molecule has 0 spiro atoms. The fourth-order valence-corrected chi connectivity index (χ4v) is 6.48. The van der Waals surface area contributed by atoms with Crippen LogP contribution in [0.2, 0.25) is 0 Å². The molecular weight excluding hydrogens is 617 g/mol. The number of aliphatic hydroxyl groups is 2. The van der Waals surface area contributed by atoms with E-state index >= 15 is 0 Å². The maximum Gasteiger partial charge on any atom is 0.214 e. The summed E-state index contributed by atoms with van der Waals surface area (Å²) in [4.78, 5) is 7.12.